The van der Waals surface area contributed by atoms with Crippen molar-refractivity contribution >= 4 is 5.97 Å². The molecule has 1 aliphatic carbocycles. The minimum atomic E-state index is -0.685. The molecular weight excluding hydrogens is 224 g/mol. The lowest BCUT2D eigenvalue weighted by Crippen LogP contribution is -2.12. The van der Waals surface area contributed by atoms with E-state index in [2.05, 4.69) is 45.0 Å². The van der Waals surface area contributed by atoms with Crippen LogP contribution in [0.4, 0.5) is 0 Å². The van der Waals surface area contributed by atoms with Gasteiger partial charge < -0.3 is 5.11 Å². The highest BCUT2D eigenvalue weighted by atomic mass is 16.4. The summed E-state index contributed by atoms with van der Waals surface area (Å²) in [5.74, 6) is -0.459. The number of rotatable bonds is 3. The quantitative estimate of drug-likeness (QED) is 0.880. The lowest BCUT2D eigenvalue weighted by molar-refractivity contribution is -0.139. The third-order valence-corrected chi connectivity index (χ3v) is 4.98. The van der Waals surface area contributed by atoms with Crippen LogP contribution in [0.15, 0.2) is 24.3 Å². The van der Waals surface area contributed by atoms with Gasteiger partial charge in [-0.05, 0) is 22.5 Å². The summed E-state index contributed by atoms with van der Waals surface area (Å²) in [5, 5.41) is 9.33. The molecule has 1 fully saturated rings. The van der Waals surface area contributed by atoms with Crippen LogP contribution < -0.4 is 0 Å². The third kappa shape index (κ3) is 1.58. The molecule has 1 saturated carbocycles. The molecule has 2 heteroatoms. The monoisotopic (exact) mass is 246 g/mol. The van der Waals surface area contributed by atoms with Crippen LogP contribution in [-0.2, 0) is 10.2 Å². The molecule has 0 spiro atoms. The zero-order valence-electron chi connectivity index (χ0n) is 11.8. The second-order valence-electron chi connectivity index (χ2n) is 6.47. The first-order valence-corrected chi connectivity index (χ1v) is 6.56. The number of aliphatic carboxylic acids is 1. The molecule has 1 aromatic rings. The topological polar surface area (TPSA) is 37.3 Å². The van der Waals surface area contributed by atoms with Gasteiger partial charge in [0.1, 0.15) is 0 Å². The predicted molar refractivity (Wildman–Crippen MR) is 72.8 cm³/mol. The smallest absolute Gasteiger partial charge is 0.307 e. The van der Waals surface area contributed by atoms with Crippen molar-refractivity contribution in [2.75, 3.05) is 0 Å². The number of hydrogen-bond donors (Lipinski definition) is 1. The number of carboxylic acids is 1. The summed E-state index contributed by atoms with van der Waals surface area (Å²) in [6.07, 6.45) is 0. The highest BCUT2D eigenvalue weighted by molar-refractivity contribution is 5.79. The van der Waals surface area contributed by atoms with E-state index in [9.17, 15) is 9.90 Å². The second kappa shape index (κ2) is 3.84. The van der Waals surface area contributed by atoms with Crippen molar-refractivity contribution in [1.29, 1.82) is 0 Å². The summed E-state index contributed by atoms with van der Waals surface area (Å²) in [6.45, 7) is 10.5. The molecule has 1 N–H and O–H groups in total. The number of hydrogen-bond acceptors (Lipinski definition) is 1. The summed E-state index contributed by atoms with van der Waals surface area (Å²) in [4.78, 5) is 11.3. The van der Waals surface area contributed by atoms with E-state index in [4.69, 9.17) is 0 Å². The Morgan fingerprint density at radius 2 is 1.67 bits per heavy atom. The average molecular weight is 246 g/mol. The standard InChI is InChI=1S/C16H22O2/c1-10(2)11-6-8-12(9-7-11)16(5)13(14(17)18)15(16,3)4/h6-10,13H,1-5H3,(H,17,18). The third-order valence-electron chi connectivity index (χ3n) is 4.98. The molecule has 2 unspecified atom stereocenters. The van der Waals surface area contributed by atoms with Gasteiger partial charge in [0.15, 0.2) is 0 Å². The highest BCUT2D eigenvalue weighted by Gasteiger charge is 2.72. The van der Waals surface area contributed by atoms with Gasteiger partial charge in [-0.25, -0.2) is 0 Å². The van der Waals surface area contributed by atoms with Gasteiger partial charge in [0.05, 0.1) is 5.92 Å². The lowest BCUT2D eigenvalue weighted by atomic mass is 9.88. The Kier molecular flexibility index (Phi) is 2.80. The fourth-order valence-corrected chi connectivity index (χ4v) is 3.29. The van der Waals surface area contributed by atoms with E-state index >= 15 is 0 Å². The Morgan fingerprint density at radius 1 is 1.17 bits per heavy atom. The molecule has 0 aliphatic heterocycles. The van der Waals surface area contributed by atoms with Crippen molar-refractivity contribution in [2.45, 2.75) is 46.0 Å². The Morgan fingerprint density at radius 3 is 2.00 bits per heavy atom. The van der Waals surface area contributed by atoms with Gasteiger partial charge in [0, 0.05) is 5.41 Å². The van der Waals surface area contributed by atoms with Crippen molar-refractivity contribution in [3.63, 3.8) is 0 Å². The van der Waals surface area contributed by atoms with Crippen molar-refractivity contribution in [3.05, 3.63) is 35.4 Å². The molecule has 0 aromatic heterocycles. The molecule has 1 aliphatic rings. The molecule has 2 atom stereocenters. The van der Waals surface area contributed by atoms with Gasteiger partial charge in [-0.1, -0.05) is 58.9 Å². The maximum Gasteiger partial charge on any atom is 0.307 e. The van der Waals surface area contributed by atoms with E-state index < -0.39 is 5.97 Å². The maximum atomic E-state index is 11.3. The Bertz CT molecular complexity index is 470. The summed E-state index contributed by atoms with van der Waals surface area (Å²) in [6, 6.07) is 8.44. The van der Waals surface area contributed by atoms with Gasteiger partial charge in [0.2, 0.25) is 0 Å². The molecule has 0 heterocycles. The fraction of sp³-hybridized carbons (Fsp3) is 0.562. The van der Waals surface area contributed by atoms with Crippen LogP contribution in [0.25, 0.3) is 0 Å². The molecule has 0 amide bonds. The summed E-state index contributed by atoms with van der Waals surface area (Å²) in [5.41, 5.74) is 2.03. The zero-order valence-corrected chi connectivity index (χ0v) is 11.8. The highest BCUT2D eigenvalue weighted by Crippen LogP contribution is 2.69. The Balaban J connectivity index is 2.35. The number of benzene rings is 1. The summed E-state index contributed by atoms with van der Waals surface area (Å²) < 4.78 is 0. The van der Waals surface area contributed by atoms with Gasteiger partial charge in [-0.15, -0.1) is 0 Å². The first-order chi connectivity index (χ1) is 8.23. The van der Waals surface area contributed by atoms with E-state index in [1.165, 1.54) is 5.56 Å². The first-order valence-electron chi connectivity index (χ1n) is 6.56. The number of carbonyl (C=O) groups is 1. The number of carboxylic acid groups (broad SMARTS) is 1. The van der Waals surface area contributed by atoms with E-state index in [0.717, 1.165) is 5.56 Å². The molecule has 0 bridgehead atoms. The Labute approximate surface area is 109 Å². The van der Waals surface area contributed by atoms with Crippen molar-refractivity contribution < 1.29 is 9.90 Å². The van der Waals surface area contributed by atoms with Crippen molar-refractivity contribution in [2.24, 2.45) is 11.3 Å². The van der Waals surface area contributed by atoms with Crippen LogP contribution in [0.1, 0.15) is 51.7 Å². The largest absolute Gasteiger partial charge is 0.481 e. The van der Waals surface area contributed by atoms with Crippen LogP contribution >= 0.6 is 0 Å². The second-order valence-corrected chi connectivity index (χ2v) is 6.47. The molecule has 1 aromatic carbocycles. The van der Waals surface area contributed by atoms with Crippen LogP contribution in [0.2, 0.25) is 0 Å². The first kappa shape index (κ1) is 13.1. The Hall–Kier alpha value is -1.31. The maximum absolute atomic E-state index is 11.3. The van der Waals surface area contributed by atoms with Crippen LogP contribution in [0.5, 0.6) is 0 Å². The van der Waals surface area contributed by atoms with Crippen molar-refractivity contribution in [3.8, 4) is 0 Å². The van der Waals surface area contributed by atoms with Gasteiger partial charge in [0.25, 0.3) is 0 Å². The van der Waals surface area contributed by atoms with E-state index in [1.54, 1.807) is 0 Å². The fourth-order valence-electron chi connectivity index (χ4n) is 3.29. The van der Waals surface area contributed by atoms with E-state index in [1.807, 2.05) is 13.8 Å². The normalized spacial score (nSPS) is 29.3. The SMILES string of the molecule is CC(C)c1ccc(C2(C)C(C(=O)O)C2(C)C)cc1. The minimum Gasteiger partial charge on any atom is -0.481 e. The summed E-state index contributed by atoms with van der Waals surface area (Å²) in [7, 11) is 0. The summed E-state index contributed by atoms with van der Waals surface area (Å²) >= 11 is 0. The van der Waals surface area contributed by atoms with Gasteiger partial charge in [-0.3, -0.25) is 4.79 Å². The molecule has 0 saturated heterocycles. The molecular formula is C16H22O2. The van der Waals surface area contributed by atoms with Crippen molar-refractivity contribution in [1.82, 2.24) is 0 Å². The van der Waals surface area contributed by atoms with E-state index in [0.29, 0.717) is 5.92 Å². The van der Waals surface area contributed by atoms with Gasteiger partial charge in [-0.2, -0.15) is 0 Å². The molecule has 18 heavy (non-hydrogen) atoms. The molecule has 2 nitrogen and oxygen atoms in total. The average Bonchev–Trinajstić information content (AvgIpc) is 2.74. The lowest BCUT2D eigenvalue weighted by Gasteiger charge is -2.16. The van der Waals surface area contributed by atoms with Crippen LogP contribution in [-0.4, -0.2) is 11.1 Å². The zero-order chi connectivity index (χ0) is 13.7. The van der Waals surface area contributed by atoms with Crippen LogP contribution in [0, 0.1) is 11.3 Å². The molecule has 2 rings (SSSR count). The van der Waals surface area contributed by atoms with E-state index in [-0.39, 0.29) is 16.7 Å². The predicted octanol–water partition coefficient (Wildman–Crippen LogP) is 3.81. The van der Waals surface area contributed by atoms with Crippen LogP contribution in [0.3, 0.4) is 0 Å². The minimum absolute atomic E-state index is 0.168. The molecule has 0 radical (unpaired) electrons. The molecule has 98 valence electrons. The van der Waals surface area contributed by atoms with Gasteiger partial charge >= 0.3 is 5.97 Å².